The first-order valence-corrected chi connectivity index (χ1v) is 10.2. The van der Waals surface area contributed by atoms with Gasteiger partial charge in [-0.2, -0.15) is 0 Å². The lowest BCUT2D eigenvalue weighted by Gasteiger charge is -2.29. The van der Waals surface area contributed by atoms with Gasteiger partial charge < -0.3 is 15.0 Å². The smallest absolute Gasteiger partial charge is 0.249 e. The van der Waals surface area contributed by atoms with Gasteiger partial charge in [-0.1, -0.05) is 0 Å². The minimum absolute atomic E-state index is 0.206. The highest BCUT2D eigenvalue weighted by Gasteiger charge is 2.43. The summed E-state index contributed by atoms with van der Waals surface area (Å²) < 4.78 is 5.44. The van der Waals surface area contributed by atoms with E-state index in [9.17, 15) is 9.59 Å². The van der Waals surface area contributed by atoms with Gasteiger partial charge in [0.15, 0.2) is 5.13 Å². The van der Waals surface area contributed by atoms with E-state index in [2.05, 4.69) is 10.3 Å². The van der Waals surface area contributed by atoms with Gasteiger partial charge in [-0.05, 0) is 45.0 Å². The topological polar surface area (TPSA) is 71.5 Å². The molecule has 3 rings (SSSR count). The third kappa shape index (κ3) is 3.86. The first-order chi connectivity index (χ1) is 12.4. The van der Waals surface area contributed by atoms with Gasteiger partial charge in [0.1, 0.15) is 11.8 Å². The summed E-state index contributed by atoms with van der Waals surface area (Å²) in [5.74, 6) is 1.19. The van der Waals surface area contributed by atoms with Gasteiger partial charge in [0.05, 0.1) is 17.2 Å². The SMILES string of the molecule is CCOc1ccc(-c2csc(NC(=O)C3CSC(C)(C)N3C=O)n2)cc1. The number of hydrogen-bond acceptors (Lipinski definition) is 6. The van der Waals surface area contributed by atoms with E-state index in [1.54, 1.807) is 16.7 Å². The molecule has 26 heavy (non-hydrogen) atoms. The lowest BCUT2D eigenvalue weighted by molar-refractivity contribution is -0.130. The monoisotopic (exact) mass is 391 g/mol. The predicted molar refractivity (Wildman–Crippen MR) is 106 cm³/mol. The average molecular weight is 392 g/mol. The Bertz CT molecular complexity index is 789. The van der Waals surface area contributed by atoms with E-state index in [0.29, 0.717) is 17.5 Å². The normalized spacial score (nSPS) is 18.6. The van der Waals surface area contributed by atoms with E-state index in [1.165, 1.54) is 11.3 Å². The number of anilines is 1. The highest BCUT2D eigenvalue weighted by Crippen LogP contribution is 2.38. The van der Waals surface area contributed by atoms with Crippen LogP contribution < -0.4 is 10.1 Å². The predicted octanol–water partition coefficient (Wildman–Crippen LogP) is 3.46. The van der Waals surface area contributed by atoms with Crippen molar-refractivity contribution in [2.75, 3.05) is 17.7 Å². The van der Waals surface area contributed by atoms with Crippen molar-refractivity contribution >= 4 is 40.5 Å². The van der Waals surface area contributed by atoms with Crippen molar-refractivity contribution in [3.63, 3.8) is 0 Å². The largest absolute Gasteiger partial charge is 0.494 e. The Morgan fingerprint density at radius 2 is 2.15 bits per heavy atom. The maximum atomic E-state index is 12.6. The van der Waals surface area contributed by atoms with E-state index in [1.807, 2.05) is 50.4 Å². The minimum atomic E-state index is -0.481. The van der Waals surface area contributed by atoms with Gasteiger partial charge in [-0.3, -0.25) is 9.59 Å². The summed E-state index contributed by atoms with van der Waals surface area (Å²) in [6.07, 6.45) is 0.747. The number of carbonyl (C=O) groups excluding carboxylic acids is 2. The molecule has 1 aromatic carbocycles. The van der Waals surface area contributed by atoms with Crippen molar-refractivity contribution in [1.29, 1.82) is 0 Å². The maximum Gasteiger partial charge on any atom is 0.249 e. The molecular weight excluding hydrogens is 370 g/mol. The molecule has 8 heteroatoms. The molecule has 0 radical (unpaired) electrons. The van der Waals surface area contributed by atoms with Crippen LogP contribution >= 0.6 is 23.1 Å². The number of nitrogens with one attached hydrogen (secondary N) is 1. The number of thioether (sulfide) groups is 1. The zero-order valence-electron chi connectivity index (χ0n) is 14.9. The molecule has 1 aliphatic heterocycles. The Kier molecular flexibility index (Phi) is 5.52. The first kappa shape index (κ1) is 18.7. The summed E-state index contributed by atoms with van der Waals surface area (Å²) in [5.41, 5.74) is 1.75. The molecule has 0 bridgehead atoms. The van der Waals surface area contributed by atoms with Crippen LogP contribution in [0.4, 0.5) is 5.13 Å². The molecule has 1 fully saturated rings. The van der Waals surface area contributed by atoms with Crippen LogP contribution in [0.25, 0.3) is 11.3 Å². The van der Waals surface area contributed by atoms with Crippen LogP contribution in [-0.4, -0.2) is 45.5 Å². The van der Waals surface area contributed by atoms with Crippen LogP contribution in [0, 0.1) is 0 Å². The molecule has 1 unspecified atom stereocenters. The first-order valence-electron chi connectivity index (χ1n) is 8.32. The second-order valence-corrected chi connectivity index (χ2v) is 8.75. The Balaban J connectivity index is 1.68. The highest BCUT2D eigenvalue weighted by atomic mass is 32.2. The molecule has 2 heterocycles. The number of benzene rings is 1. The fourth-order valence-corrected chi connectivity index (χ4v) is 4.68. The molecule has 1 atom stereocenters. The molecule has 1 N–H and O–H groups in total. The molecule has 0 saturated carbocycles. The van der Waals surface area contributed by atoms with Crippen molar-refractivity contribution in [2.45, 2.75) is 31.7 Å². The standard InChI is InChI=1S/C18H21N3O3S2/c1-4-24-13-7-5-12(6-8-13)14-9-25-17(19-14)20-16(23)15-10-26-18(2,3)21(15)11-22/h5-9,11,15H,4,10H2,1-3H3,(H,19,20,23). The second-order valence-electron chi connectivity index (χ2n) is 6.27. The van der Waals surface area contributed by atoms with E-state index < -0.39 is 6.04 Å². The number of rotatable bonds is 6. The lowest BCUT2D eigenvalue weighted by atomic mass is 10.2. The number of hydrogen-bond donors (Lipinski definition) is 1. The number of nitrogens with zero attached hydrogens (tertiary/aromatic N) is 2. The Morgan fingerprint density at radius 1 is 1.42 bits per heavy atom. The molecule has 6 nitrogen and oxygen atoms in total. The van der Waals surface area contributed by atoms with Crippen LogP contribution in [0.2, 0.25) is 0 Å². The molecule has 0 aliphatic carbocycles. The van der Waals surface area contributed by atoms with E-state index in [-0.39, 0.29) is 10.8 Å². The van der Waals surface area contributed by atoms with Crippen LogP contribution in [-0.2, 0) is 9.59 Å². The number of carbonyl (C=O) groups is 2. The fraction of sp³-hybridized carbons (Fsp3) is 0.389. The summed E-state index contributed by atoms with van der Waals surface area (Å²) in [5, 5.41) is 5.26. The van der Waals surface area contributed by atoms with Crippen LogP contribution in [0.3, 0.4) is 0 Å². The highest BCUT2D eigenvalue weighted by molar-refractivity contribution is 8.00. The van der Waals surface area contributed by atoms with Crippen molar-refractivity contribution < 1.29 is 14.3 Å². The molecule has 0 spiro atoms. The molecule has 2 amide bonds. The van der Waals surface area contributed by atoms with E-state index in [4.69, 9.17) is 4.74 Å². The van der Waals surface area contributed by atoms with Gasteiger partial charge in [0.2, 0.25) is 12.3 Å². The van der Waals surface area contributed by atoms with Gasteiger partial charge in [0.25, 0.3) is 0 Å². The van der Waals surface area contributed by atoms with E-state index >= 15 is 0 Å². The second kappa shape index (κ2) is 7.67. The molecule has 1 aromatic heterocycles. The minimum Gasteiger partial charge on any atom is -0.494 e. The van der Waals surface area contributed by atoms with Gasteiger partial charge in [0, 0.05) is 16.7 Å². The van der Waals surface area contributed by atoms with Crippen LogP contribution in [0.15, 0.2) is 29.6 Å². The third-order valence-electron chi connectivity index (χ3n) is 4.16. The van der Waals surface area contributed by atoms with Crippen LogP contribution in [0.5, 0.6) is 5.75 Å². The van der Waals surface area contributed by atoms with Crippen molar-refractivity contribution in [1.82, 2.24) is 9.88 Å². The Morgan fingerprint density at radius 3 is 2.81 bits per heavy atom. The van der Waals surface area contributed by atoms with Crippen molar-refractivity contribution in [3.8, 4) is 17.0 Å². The lowest BCUT2D eigenvalue weighted by Crippen LogP contribution is -2.47. The molecule has 138 valence electrons. The number of aromatic nitrogens is 1. The average Bonchev–Trinajstić information content (AvgIpc) is 3.19. The van der Waals surface area contributed by atoms with Crippen LogP contribution in [0.1, 0.15) is 20.8 Å². The molecule has 2 aromatic rings. The van der Waals surface area contributed by atoms with E-state index in [0.717, 1.165) is 23.4 Å². The fourth-order valence-electron chi connectivity index (χ4n) is 2.76. The molecular formula is C18H21N3O3S2. The summed E-state index contributed by atoms with van der Waals surface area (Å²) in [7, 11) is 0. The number of ether oxygens (including phenoxy) is 1. The Labute approximate surface area is 160 Å². The summed E-state index contributed by atoms with van der Waals surface area (Å²) in [6.45, 7) is 6.44. The molecule has 1 aliphatic rings. The van der Waals surface area contributed by atoms with Gasteiger partial charge in [-0.15, -0.1) is 23.1 Å². The molecule has 1 saturated heterocycles. The van der Waals surface area contributed by atoms with Crippen molar-refractivity contribution in [2.24, 2.45) is 0 Å². The number of amides is 2. The summed E-state index contributed by atoms with van der Waals surface area (Å²) in [4.78, 5) is 29.6. The van der Waals surface area contributed by atoms with Gasteiger partial charge >= 0.3 is 0 Å². The quantitative estimate of drug-likeness (QED) is 0.764. The zero-order chi connectivity index (χ0) is 18.7. The third-order valence-corrected chi connectivity index (χ3v) is 6.32. The summed E-state index contributed by atoms with van der Waals surface area (Å²) >= 11 is 2.96. The maximum absolute atomic E-state index is 12.6. The number of thiazole rings is 1. The Hall–Kier alpha value is -2.06. The van der Waals surface area contributed by atoms with Crippen molar-refractivity contribution in [3.05, 3.63) is 29.6 Å². The van der Waals surface area contributed by atoms with Gasteiger partial charge in [-0.25, -0.2) is 4.98 Å². The zero-order valence-corrected chi connectivity index (χ0v) is 16.5. The summed E-state index contributed by atoms with van der Waals surface area (Å²) in [6, 6.07) is 7.20.